The topological polar surface area (TPSA) is 85.1 Å². The molecule has 0 radical (unpaired) electrons. The number of aliphatic imine (C=N–C) groups is 1. The van der Waals surface area contributed by atoms with E-state index in [4.69, 9.17) is 9.47 Å². The fourth-order valence-corrected chi connectivity index (χ4v) is 2.75. The van der Waals surface area contributed by atoms with Crippen molar-refractivity contribution < 1.29 is 9.47 Å². The third kappa shape index (κ3) is 6.29. The lowest BCUT2D eigenvalue weighted by atomic mass is 10.1. The van der Waals surface area contributed by atoms with Crippen LogP contribution in [0.25, 0.3) is 5.65 Å². The van der Waals surface area contributed by atoms with E-state index < -0.39 is 0 Å². The number of methoxy groups -OCH3 is 1. The van der Waals surface area contributed by atoms with Gasteiger partial charge in [-0.3, -0.25) is 9.39 Å². The Bertz CT molecular complexity index is 944. The molecule has 3 rings (SSSR count). The summed E-state index contributed by atoms with van der Waals surface area (Å²) in [6.45, 7) is 4.21. The average molecular weight is 510 g/mol. The van der Waals surface area contributed by atoms with Crippen LogP contribution in [-0.2, 0) is 17.8 Å². The van der Waals surface area contributed by atoms with Gasteiger partial charge in [-0.1, -0.05) is 18.2 Å². The number of aryl methyl sites for hydroxylation is 1. The first kappa shape index (κ1) is 22.9. The number of hydrogen-bond acceptors (Lipinski definition) is 5. The van der Waals surface area contributed by atoms with E-state index in [-0.39, 0.29) is 24.0 Å². The molecule has 0 aliphatic rings. The van der Waals surface area contributed by atoms with Crippen LogP contribution in [0.2, 0.25) is 0 Å². The first-order valence-electron chi connectivity index (χ1n) is 9.15. The van der Waals surface area contributed by atoms with Crippen molar-refractivity contribution in [2.45, 2.75) is 20.0 Å². The molecular formula is C20H27IN6O2. The second-order valence-electron chi connectivity index (χ2n) is 6.28. The van der Waals surface area contributed by atoms with Crippen LogP contribution >= 0.6 is 24.0 Å². The first-order valence-corrected chi connectivity index (χ1v) is 9.15. The maximum absolute atomic E-state index is 5.84. The molecule has 9 heteroatoms. The Labute approximate surface area is 187 Å². The van der Waals surface area contributed by atoms with Gasteiger partial charge in [-0.05, 0) is 30.7 Å². The zero-order valence-electron chi connectivity index (χ0n) is 16.9. The maximum Gasteiger partial charge on any atom is 0.191 e. The highest BCUT2D eigenvalue weighted by Crippen LogP contribution is 2.20. The maximum atomic E-state index is 5.84. The van der Waals surface area contributed by atoms with Gasteiger partial charge in [-0.25, -0.2) is 0 Å². The van der Waals surface area contributed by atoms with Crippen molar-refractivity contribution in [3.05, 3.63) is 59.5 Å². The number of hydrogen-bond donors (Lipinski definition) is 2. The summed E-state index contributed by atoms with van der Waals surface area (Å²) in [5.41, 5.74) is 3.02. The van der Waals surface area contributed by atoms with Crippen molar-refractivity contribution in [2.75, 3.05) is 27.4 Å². The Balaban J connectivity index is 0.00000300. The summed E-state index contributed by atoms with van der Waals surface area (Å²) < 4.78 is 12.9. The van der Waals surface area contributed by atoms with Crippen LogP contribution in [0.4, 0.5) is 0 Å². The Morgan fingerprint density at radius 1 is 1.10 bits per heavy atom. The number of ether oxygens (including phenoxy) is 2. The van der Waals surface area contributed by atoms with Crippen LogP contribution in [0.1, 0.15) is 17.0 Å². The molecule has 0 fully saturated rings. The molecule has 1 aromatic carbocycles. The molecule has 29 heavy (non-hydrogen) atoms. The summed E-state index contributed by atoms with van der Waals surface area (Å²) >= 11 is 0. The van der Waals surface area contributed by atoms with Gasteiger partial charge >= 0.3 is 0 Å². The molecule has 0 amide bonds. The summed E-state index contributed by atoms with van der Waals surface area (Å²) in [6, 6.07) is 12.0. The van der Waals surface area contributed by atoms with Gasteiger partial charge in [0.15, 0.2) is 17.4 Å². The van der Waals surface area contributed by atoms with Crippen LogP contribution in [0.15, 0.2) is 47.6 Å². The van der Waals surface area contributed by atoms with Gasteiger partial charge in [-0.2, -0.15) is 0 Å². The molecule has 156 valence electrons. The van der Waals surface area contributed by atoms with E-state index in [1.54, 1.807) is 14.2 Å². The monoisotopic (exact) mass is 510 g/mol. The number of nitrogens with zero attached hydrogens (tertiary/aromatic N) is 4. The largest absolute Gasteiger partial charge is 0.491 e. The van der Waals surface area contributed by atoms with E-state index in [2.05, 4.69) is 38.0 Å². The van der Waals surface area contributed by atoms with Crippen LogP contribution in [-0.4, -0.2) is 47.9 Å². The minimum absolute atomic E-state index is 0. The molecule has 3 aromatic rings. The van der Waals surface area contributed by atoms with E-state index in [1.165, 1.54) is 0 Å². The Hall–Kier alpha value is -2.40. The second-order valence-corrected chi connectivity index (χ2v) is 6.28. The number of aromatic nitrogens is 3. The lowest BCUT2D eigenvalue weighted by molar-refractivity contribution is 0.145. The standard InChI is InChI=1S/C20H26N6O2.HI/c1-15-7-8-16(17(12-15)28-11-10-27-3)13-22-20(21-2)23-14-19-25-24-18-6-4-5-9-26(18)19;/h4-9,12H,10-11,13-14H2,1-3H3,(H2,21,22,23);1H. The summed E-state index contributed by atoms with van der Waals surface area (Å²) in [4.78, 5) is 4.28. The predicted octanol–water partition coefficient (Wildman–Crippen LogP) is 2.55. The van der Waals surface area contributed by atoms with Crippen molar-refractivity contribution in [3.63, 3.8) is 0 Å². The molecule has 2 aromatic heterocycles. The van der Waals surface area contributed by atoms with E-state index in [0.29, 0.717) is 32.3 Å². The zero-order valence-corrected chi connectivity index (χ0v) is 19.2. The van der Waals surface area contributed by atoms with Crippen molar-refractivity contribution >= 4 is 35.6 Å². The fraction of sp³-hybridized carbons (Fsp3) is 0.350. The molecule has 0 atom stereocenters. The van der Waals surface area contributed by atoms with Crippen molar-refractivity contribution in [1.29, 1.82) is 0 Å². The minimum Gasteiger partial charge on any atom is -0.491 e. The van der Waals surface area contributed by atoms with Gasteiger partial charge in [-0.15, -0.1) is 34.2 Å². The highest BCUT2D eigenvalue weighted by atomic mass is 127. The van der Waals surface area contributed by atoms with Gasteiger partial charge in [0.1, 0.15) is 12.4 Å². The van der Waals surface area contributed by atoms with Gasteiger partial charge in [0, 0.05) is 32.5 Å². The summed E-state index contributed by atoms with van der Waals surface area (Å²) in [7, 11) is 3.40. The number of halogens is 1. The highest BCUT2D eigenvalue weighted by molar-refractivity contribution is 14.0. The molecule has 0 aliphatic heterocycles. The van der Waals surface area contributed by atoms with E-state index in [1.807, 2.05) is 41.8 Å². The Kier molecular flexibility index (Phi) is 9.13. The van der Waals surface area contributed by atoms with Gasteiger partial charge in [0.05, 0.1) is 13.2 Å². The third-order valence-corrected chi connectivity index (χ3v) is 4.24. The molecular weight excluding hydrogens is 483 g/mol. The molecule has 0 saturated heterocycles. The average Bonchev–Trinajstić information content (AvgIpc) is 3.13. The molecule has 0 spiro atoms. The zero-order chi connectivity index (χ0) is 19.8. The number of guanidine groups is 1. The summed E-state index contributed by atoms with van der Waals surface area (Å²) in [5, 5.41) is 15.0. The first-order chi connectivity index (χ1) is 13.7. The molecule has 8 nitrogen and oxygen atoms in total. The third-order valence-electron chi connectivity index (χ3n) is 4.24. The number of fused-ring (bicyclic) bond motifs is 1. The minimum atomic E-state index is 0. The van der Waals surface area contributed by atoms with Gasteiger partial charge < -0.3 is 20.1 Å². The molecule has 2 heterocycles. The SMILES string of the molecule is CN=C(NCc1ccc(C)cc1OCCOC)NCc1nnc2ccccn12.I. The van der Waals surface area contributed by atoms with Crippen LogP contribution < -0.4 is 15.4 Å². The summed E-state index contributed by atoms with van der Waals surface area (Å²) in [5.74, 6) is 2.34. The van der Waals surface area contributed by atoms with Crippen LogP contribution in [0.3, 0.4) is 0 Å². The molecule has 0 unspecified atom stereocenters. The number of benzene rings is 1. The number of pyridine rings is 1. The fourth-order valence-electron chi connectivity index (χ4n) is 2.75. The number of rotatable bonds is 8. The molecule has 2 N–H and O–H groups in total. The Morgan fingerprint density at radius 3 is 2.72 bits per heavy atom. The van der Waals surface area contributed by atoms with E-state index >= 15 is 0 Å². The van der Waals surface area contributed by atoms with Crippen molar-refractivity contribution in [2.24, 2.45) is 4.99 Å². The molecule has 0 saturated carbocycles. The smallest absolute Gasteiger partial charge is 0.191 e. The van der Waals surface area contributed by atoms with E-state index in [9.17, 15) is 0 Å². The lowest BCUT2D eigenvalue weighted by Gasteiger charge is -2.15. The van der Waals surface area contributed by atoms with Crippen LogP contribution in [0.5, 0.6) is 5.75 Å². The van der Waals surface area contributed by atoms with E-state index in [0.717, 1.165) is 28.3 Å². The van der Waals surface area contributed by atoms with Crippen LogP contribution in [0, 0.1) is 6.92 Å². The molecule has 0 bridgehead atoms. The second kappa shape index (κ2) is 11.6. The van der Waals surface area contributed by atoms with Gasteiger partial charge in [0.2, 0.25) is 0 Å². The number of nitrogens with one attached hydrogen (secondary N) is 2. The lowest BCUT2D eigenvalue weighted by Crippen LogP contribution is -2.36. The quantitative estimate of drug-likeness (QED) is 0.210. The normalized spacial score (nSPS) is 11.2. The van der Waals surface area contributed by atoms with Crippen molar-refractivity contribution in [3.8, 4) is 5.75 Å². The Morgan fingerprint density at radius 2 is 1.93 bits per heavy atom. The predicted molar refractivity (Wildman–Crippen MR) is 124 cm³/mol. The summed E-state index contributed by atoms with van der Waals surface area (Å²) in [6.07, 6.45) is 1.94. The van der Waals surface area contributed by atoms with Gasteiger partial charge in [0.25, 0.3) is 0 Å². The highest BCUT2D eigenvalue weighted by Gasteiger charge is 2.08. The molecule has 0 aliphatic carbocycles. The van der Waals surface area contributed by atoms with Crippen molar-refractivity contribution in [1.82, 2.24) is 25.2 Å².